The maximum absolute atomic E-state index is 11.8. The van der Waals surface area contributed by atoms with Gasteiger partial charge in [-0.05, 0) is 19.4 Å². The van der Waals surface area contributed by atoms with Gasteiger partial charge in [0.1, 0.15) is 11.7 Å². The molecule has 96 valence electrons. The smallest absolute Gasteiger partial charge is 0.354 e. The fraction of sp³-hybridized carbons (Fsp3) is 0.364. The highest BCUT2D eigenvalue weighted by molar-refractivity contribution is 6.03. The molecule has 0 spiro atoms. The van der Waals surface area contributed by atoms with E-state index in [0.717, 1.165) is 0 Å². The van der Waals surface area contributed by atoms with Crippen LogP contribution < -0.4 is 10.6 Å². The third kappa shape index (κ3) is 2.34. The number of anilines is 1. The zero-order chi connectivity index (χ0) is 13.3. The molecule has 1 aromatic rings. The molecule has 0 saturated carbocycles. The molecule has 0 unspecified atom stereocenters. The number of aryl methyl sites for hydroxylation is 1. The molecule has 0 aliphatic carbocycles. The minimum Gasteiger partial charge on any atom is -0.477 e. The molecule has 1 fully saturated rings. The molecular weight excluding hydrogens is 238 g/mol. The summed E-state index contributed by atoms with van der Waals surface area (Å²) >= 11 is 0. The topological polar surface area (TPSA) is 111 Å². The average molecular weight is 251 g/mol. The van der Waals surface area contributed by atoms with E-state index in [1.165, 1.54) is 6.07 Å². The number of carbonyl (C=O) groups is 3. The summed E-state index contributed by atoms with van der Waals surface area (Å²) in [5.41, 5.74) is 0.787. The molecule has 1 saturated heterocycles. The number of hydrogen-bond donors (Lipinski definition) is 4. The van der Waals surface area contributed by atoms with Crippen LogP contribution in [-0.4, -0.2) is 33.9 Å². The van der Waals surface area contributed by atoms with Gasteiger partial charge in [0.25, 0.3) is 0 Å². The van der Waals surface area contributed by atoms with Gasteiger partial charge in [-0.2, -0.15) is 0 Å². The van der Waals surface area contributed by atoms with Crippen LogP contribution in [0.5, 0.6) is 0 Å². The van der Waals surface area contributed by atoms with Gasteiger partial charge in [0.05, 0.1) is 5.69 Å². The molecular formula is C11H13N3O4. The second-order valence-corrected chi connectivity index (χ2v) is 4.19. The van der Waals surface area contributed by atoms with Crippen LogP contribution in [0.4, 0.5) is 5.69 Å². The SMILES string of the molecule is Cc1cc(NC(=O)[C@H]2CCC(=O)N2)c(C(=O)O)[nH]1. The molecule has 7 nitrogen and oxygen atoms in total. The van der Waals surface area contributed by atoms with E-state index in [9.17, 15) is 14.4 Å². The lowest BCUT2D eigenvalue weighted by Gasteiger charge is -2.10. The number of aromatic nitrogens is 1. The lowest BCUT2D eigenvalue weighted by atomic mass is 10.2. The number of H-pyrrole nitrogens is 1. The van der Waals surface area contributed by atoms with Crippen molar-refractivity contribution < 1.29 is 19.5 Å². The van der Waals surface area contributed by atoms with Crippen molar-refractivity contribution in [1.29, 1.82) is 0 Å². The summed E-state index contributed by atoms with van der Waals surface area (Å²) in [5.74, 6) is -1.71. The number of hydrogen-bond acceptors (Lipinski definition) is 3. The molecule has 1 atom stereocenters. The van der Waals surface area contributed by atoms with Gasteiger partial charge in [-0.25, -0.2) is 4.79 Å². The van der Waals surface area contributed by atoms with Crippen molar-refractivity contribution in [2.24, 2.45) is 0 Å². The normalized spacial score (nSPS) is 18.5. The highest BCUT2D eigenvalue weighted by atomic mass is 16.4. The molecule has 0 bridgehead atoms. The van der Waals surface area contributed by atoms with Gasteiger partial charge in [0, 0.05) is 12.1 Å². The average Bonchev–Trinajstić information content (AvgIpc) is 2.85. The number of carboxylic acid groups (broad SMARTS) is 1. The molecule has 2 heterocycles. The van der Waals surface area contributed by atoms with Crippen LogP contribution in [-0.2, 0) is 9.59 Å². The minimum atomic E-state index is -1.14. The molecule has 1 aromatic heterocycles. The predicted octanol–water partition coefficient (Wildman–Crippen LogP) is 0.238. The van der Waals surface area contributed by atoms with Crippen LogP contribution in [0.15, 0.2) is 6.07 Å². The van der Waals surface area contributed by atoms with Gasteiger partial charge in [-0.15, -0.1) is 0 Å². The molecule has 1 aliphatic heterocycles. The van der Waals surface area contributed by atoms with Crippen molar-refractivity contribution >= 4 is 23.5 Å². The third-order valence-corrected chi connectivity index (χ3v) is 2.74. The maximum Gasteiger partial charge on any atom is 0.354 e. The highest BCUT2D eigenvalue weighted by Crippen LogP contribution is 2.18. The first-order valence-corrected chi connectivity index (χ1v) is 5.50. The first-order valence-electron chi connectivity index (χ1n) is 5.50. The number of aromatic carboxylic acids is 1. The van der Waals surface area contributed by atoms with Crippen molar-refractivity contribution in [3.8, 4) is 0 Å². The van der Waals surface area contributed by atoms with Crippen molar-refractivity contribution in [2.45, 2.75) is 25.8 Å². The summed E-state index contributed by atoms with van der Waals surface area (Å²) in [6.45, 7) is 1.69. The number of aromatic amines is 1. The summed E-state index contributed by atoms with van der Waals surface area (Å²) in [5, 5.41) is 14.0. The van der Waals surface area contributed by atoms with Crippen LogP contribution in [0.1, 0.15) is 29.0 Å². The fourth-order valence-electron chi connectivity index (χ4n) is 1.89. The monoisotopic (exact) mass is 251 g/mol. The van der Waals surface area contributed by atoms with Crippen molar-refractivity contribution in [3.63, 3.8) is 0 Å². The molecule has 0 aromatic carbocycles. The van der Waals surface area contributed by atoms with E-state index in [-0.39, 0.29) is 17.3 Å². The van der Waals surface area contributed by atoms with Gasteiger partial charge >= 0.3 is 5.97 Å². The second kappa shape index (κ2) is 4.52. The predicted molar refractivity (Wildman–Crippen MR) is 62.3 cm³/mol. The Morgan fingerprint density at radius 3 is 2.78 bits per heavy atom. The number of carboxylic acids is 1. The maximum atomic E-state index is 11.8. The van der Waals surface area contributed by atoms with Crippen LogP contribution in [0.25, 0.3) is 0 Å². The minimum absolute atomic E-state index is 0.0647. The van der Waals surface area contributed by atoms with Gasteiger partial charge in [0.15, 0.2) is 0 Å². The summed E-state index contributed by atoms with van der Waals surface area (Å²) in [4.78, 5) is 36.4. The van der Waals surface area contributed by atoms with E-state index in [2.05, 4.69) is 15.6 Å². The quantitative estimate of drug-likeness (QED) is 0.616. The first kappa shape index (κ1) is 12.2. The van der Waals surface area contributed by atoms with Crippen molar-refractivity contribution in [2.75, 3.05) is 5.32 Å². The fourth-order valence-corrected chi connectivity index (χ4v) is 1.89. The Hall–Kier alpha value is -2.31. The number of amides is 2. The van der Waals surface area contributed by atoms with Crippen LogP contribution in [0, 0.1) is 6.92 Å². The summed E-state index contributed by atoms with van der Waals surface area (Å²) in [6.07, 6.45) is 0.743. The van der Waals surface area contributed by atoms with Crippen LogP contribution >= 0.6 is 0 Å². The summed E-state index contributed by atoms with van der Waals surface area (Å²) in [7, 11) is 0. The standard InChI is InChI=1S/C11H13N3O4/c1-5-4-7(9(12-5)11(17)18)14-10(16)6-2-3-8(15)13-6/h4,6,12H,2-3H2,1H3,(H,13,15)(H,14,16)(H,17,18)/t6-/m1/s1. The Kier molecular flexibility index (Phi) is 3.05. The van der Waals surface area contributed by atoms with Gasteiger partial charge in [-0.3, -0.25) is 9.59 Å². The molecule has 18 heavy (non-hydrogen) atoms. The van der Waals surface area contributed by atoms with Gasteiger partial charge in [0.2, 0.25) is 11.8 Å². The number of carbonyl (C=O) groups excluding carboxylic acids is 2. The molecule has 7 heteroatoms. The Labute approximate surface area is 103 Å². The van der Waals surface area contributed by atoms with E-state index in [1.807, 2.05) is 0 Å². The lowest BCUT2D eigenvalue weighted by molar-refractivity contribution is -0.122. The van der Waals surface area contributed by atoms with Crippen LogP contribution in [0.2, 0.25) is 0 Å². The number of rotatable bonds is 3. The molecule has 0 radical (unpaired) electrons. The second-order valence-electron chi connectivity index (χ2n) is 4.19. The van der Waals surface area contributed by atoms with Crippen molar-refractivity contribution in [3.05, 3.63) is 17.5 Å². The van der Waals surface area contributed by atoms with E-state index >= 15 is 0 Å². The van der Waals surface area contributed by atoms with E-state index in [0.29, 0.717) is 18.5 Å². The third-order valence-electron chi connectivity index (χ3n) is 2.74. The Morgan fingerprint density at radius 1 is 1.50 bits per heavy atom. The Morgan fingerprint density at radius 2 is 2.22 bits per heavy atom. The zero-order valence-electron chi connectivity index (χ0n) is 9.74. The molecule has 1 aliphatic rings. The van der Waals surface area contributed by atoms with Gasteiger partial charge < -0.3 is 20.7 Å². The highest BCUT2D eigenvalue weighted by Gasteiger charge is 2.28. The zero-order valence-corrected chi connectivity index (χ0v) is 9.74. The largest absolute Gasteiger partial charge is 0.477 e. The van der Waals surface area contributed by atoms with E-state index in [4.69, 9.17) is 5.11 Å². The van der Waals surface area contributed by atoms with E-state index in [1.54, 1.807) is 6.92 Å². The van der Waals surface area contributed by atoms with E-state index < -0.39 is 17.9 Å². The molecule has 2 amide bonds. The molecule has 4 N–H and O–H groups in total. The Bertz CT molecular complexity index is 520. The summed E-state index contributed by atoms with van der Waals surface area (Å²) in [6, 6.07) is 0.951. The summed E-state index contributed by atoms with van der Waals surface area (Å²) < 4.78 is 0. The lowest BCUT2D eigenvalue weighted by Crippen LogP contribution is -2.37. The molecule has 2 rings (SSSR count). The van der Waals surface area contributed by atoms with Crippen LogP contribution in [0.3, 0.4) is 0 Å². The Balaban J connectivity index is 2.11. The number of nitrogens with one attached hydrogen (secondary N) is 3. The van der Waals surface area contributed by atoms with Gasteiger partial charge in [-0.1, -0.05) is 0 Å². The van der Waals surface area contributed by atoms with Crippen molar-refractivity contribution in [1.82, 2.24) is 10.3 Å². The first-order chi connectivity index (χ1) is 8.47.